The summed E-state index contributed by atoms with van der Waals surface area (Å²) in [6.07, 6.45) is 2.70. The van der Waals surface area contributed by atoms with Crippen LogP contribution in [0.4, 0.5) is 0 Å². The lowest BCUT2D eigenvalue weighted by Gasteiger charge is -2.30. The van der Waals surface area contributed by atoms with Crippen LogP contribution in [0.2, 0.25) is 6.32 Å². The molecule has 1 aliphatic carbocycles. The third-order valence-corrected chi connectivity index (χ3v) is 4.88. The van der Waals surface area contributed by atoms with Gasteiger partial charge in [-0.1, -0.05) is 19.7 Å². The van der Waals surface area contributed by atoms with E-state index >= 15 is 0 Å². The monoisotopic (exact) mass is 253 g/mol. The Morgan fingerprint density at radius 3 is 2.94 bits per heavy atom. The van der Waals surface area contributed by atoms with Gasteiger partial charge in [0.2, 0.25) is 0 Å². The predicted molar refractivity (Wildman–Crippen MR) is 69.1 cm³/mol. The van der Waals surface area contributed by atoms with Crippen molar-refractivity contribution in [1.82, 2.24) is 5.32 Å². The number of aliphatic carboxylic acids is 1. The van der Waals surface area contributed by atoms with Gasteiger partial charge in [0.1, 0.15) is 5.54 Å². The molecule has 1 heterocycles. The fourth-order valence-electron chi connectivity index (χ4n) is 3.99. The standard InChI is InChI=1S/C12H22BN2O3/c1-11-6-12(14,10(16)17)8(3-2-4-13-18)9(11)5-15-7-11/h8-9,15,18H,2-7,14H2,1H3,(H,16,17)/t8?,9-,11-,12?/m0/s1. The van der Waals surface area contributed by atoms with Crippen LogP contribution < -0.4 is 11.1 Å². The van der Waals surface area contributed by atoms with Crippen LogP contribution in [0, 0.1) is 17.3 Å². The van der Waals surface area contributed by atoms with Gasteiger partial charge < -0.3 is 21.2 Å². The van der Waals surface area contributed by atoms with E-state index in [2.05, 4.69) is 12.2 Å². The minimum absolute atomic E-state index is 0.000730. The number of hydrogen-bond donors (Lipinski definition) is 4. The summed E-state index contributed by atoms with van der Waals surface area (Å²) in [6.45, 7) is 3.85. The van der Waals surface area contributed by atoms with Gasteiger partial charge in [-0.05, 0) is 36.6 Å². The molecular formula is C12H22BN2O3. The van der Waals surface area contributed by atoms with Gasteiger partial charge in [-0.25, -0.2) is 0 Å². The van der Waals surface area contributed by atoms with Crippen molar-refractivity contribution in [3.8, 4) is 0 Å². The molecule has 1 saturated heterocycles. The molecule has 1 saturated carbocycles. The maximum Gasteiger partial charge on any atom is 0.323 e. The van der Waals surface area contributed by atoms with Crippen LogP contribution in [0.15, 0.2) is 0 Å². The summed E-state index contributed by atoms with van der Waals surface area (Å²) >= 11 is 0. The van der Waals surface area contributed by atoms with Crippen molar-refractivity contribution in [2.45, 2.75) is 38.0 Å². The maximum atomic E-state index is 11.5. The Bertz CT molecular complexity index is 341. The van der Waals surface area contributed by atoms with Crippen LogP contribution in [0.5, 0.6) is 0 Å². The number of fused-ring (bicyclic) bond motifs is 1. The van der Waals surface area contributed by atoms with Crippen molar-refractivity contribution in [3.05, 3.63) is 0 Å². The normalized spacial score (nSPS) is 42.8. The number of carboxylic acid groups (broad SMARTS) is 1. The van der Waals surface area contributed by atoms with Gasteiger partial charge in [-0.15, -0.1) is 0 Å². The quantitative estimate of drug-likeness (QED) is 0.403. The second-order valence-electron chi connectivity index (χ2n) is 6.13. The number of carbonyl (C=O) groups is 1. The highest BCUT2D eigenvalue weighted by Crippen LogP contribution is 2.54. The molecule has 0 spiro atoms. The first-order valence-corrected chi connectivity index (χ1v) is 6.63. The molecule has 2 rings (SSSR count). The lowest BCUT2D eigenvalue weighted by molar-refractivity contribution is -0.145. The Hall–Kier alpha value is -0.585. The first kappa shape index (κ1) is 13.8. The van der Waals surface area contributed by atoms with Gasteiger partial charge in [0.15, 0.2) is 0 Å². The lowest BCUT2D eigenvalue weighted by Crippen LogP contribution is -2.53. The summed E-state index contributed by atoms with van der Waals surface area (Å²) < 4.78 is 0. The molecule has 5 N–H and O–H groups in total. The molecule has 0 aromatic heterocycles. The summed E-state index contributed by atoms with van der Waals surface area (Å²) in [5, 5.41) is 21.6. The molecule has 0 aromatic carbocycles. The van der Waals surface area contributed by atoms with Crippen molar-refractivity contribution in [1.29, 1.82) is 0 Å². The van der Waals surface area contributed by atoms with Gasteiger partial charge >= 0.3 is 5.97 Å². The lowest BCUT2D eigenvalue weighted by atomic mass is 9.76. The molecule has 0 bridgehead atoms. The fourth-order valence-corrected chi connectivity index (χ4v) is 3.99. The molecule has 4 atom stereocenters. The number of hydrogen-bond acceptors (Lipinski definition) is 4. The van der Waals surface area contributed by atoms with Crippen molar-refractivity contribution in [2.75, 3.05) is 13.1 Å². The van der Waals surface area contributed by atoms with Crippen molar-refractivity contribution in [3.63, 3.8) is 0 Å². The zero-order valence-corrected chi connectivity index (χ0v) is 10.9. The zero-order valence-electron chi connectivity index (χ0n) is 10.9. The molecule has 0 aromatic rings. The largest absolute Gasteiger partial charge is 0.480 e. The number of rotatable bonds is 5. The molecule has 6 heteroatoms. The molecule has 1 radical (unpaired) electrons. The van der Waals surface area contributed by atoms with Crippen molar-refractivity contribution < 1.29 is 14.9 Å². The second kappa shape index (κ2) is 4.83. The van der Waals surface area contributed by atoms with Gasteiger partial charge in [-0.3, -0.25) is 4.79 Å². The molecule has 101 valence electrons. The van der Waals surface area contributed by atoms with E-state index in [-0.39, 0.29) is 11.3 Å². The van der Waals surface area contributed by atoms with Crippen LogP contribution in [0.1, 0.15) is 26.2 Å². The first-order chi connectivity index (χ1) is 8.44. The van der Waals surface area contributed by atoms with Crippen molar-refractivity contribution >= 4 is 13.5 Å². The molecule has 5 nitrogen and oxygen atoms in total. The van der Waals surface area contributed by atoms with E-state index in [0.717, 1.165) is 33.4 Å². The SMILES string of the molecule is C[C@]12CNC[C@H]1C(CCC[B]O)C(N)(C(=O)O)C2. The third kappa shape index (κ3) is 2.06. The molecule has 2 unspecified atom stereocenters. The Labute approximate surface area is 108 Å². The van der Waals surface area contributed by atoms with E-state index < -0.39 is 11.5 Å². The first-order valence-electron chi connectivity index (χ1n) is 6.63. The zero-order chi connectivity index (χ0) is 13.4. The average Bonchev–Trinajstić information content (AvgIpc) is 2.74. The van der Waals surface area contributed by atoms with Gasteiger partial charge in [0.05, 0.1) is 0 Å². The van der Waals surface area contributed by atoms with E-state index in [1.807, 2.05) is 0 Å². The van der Waals surface area contributed by atoms with Crippen LogP contribution in [-0.4, -0.2) is 42.2 Å². The third-order valence-electron chi connectivity index (χ3n) is 4.88. The highest BCUT2D eigenvalue weighted by Gasteiger charge is 2.61. The van der Waals surface area contributed by atoms with Gasteiger partial charge in [0, 0.05) is 6.54 Å². The summed E-state index contributed by atoms with van der Waals surface area (Å²) in [4.78, 5) is 11.5. The second-order valence-corrected chi connectivity index (χ2v) is 6.13. The fraction of sp³-hybridized carbons (Fsp3) is 0.917. The van der Waals surface area contributed by atoms with Crippen LogP contribution >= 0.6 is 0 Å². The highest BCUT2D eigenvalue weighted by atomic mass is 16.4. The molecule has 2 fully saturated rings. The molecule has 2 aliphatic rings. The van der Waals surface area contributed by atoms with E-state index in [9.17, 15) is 9.90 Å². The van der Waals surface area contributed by atoms with E-state index in [1.165, 1.54) is 0 Å². The van der Waals surface area contributed by atoms with E-state index in [1.54, 1.807) is 0 Å². The smallest absolute Gasteiger partial charge is 0.323 e. The minimum Gasteiger partial charge on any atom is -0.480 e. The van der Waals surface area contributed by atoms with E-state index in [0.29, 0.717) is 18.7 Å². The number of nitrogens with two attached hydrogens (primary N) is 1. The summed E-state index contributed by atoms with van der Waals surface area (Å²) in [7, 11) is 1.14. The topological polar surface area (TPSA) is 95.6 Å². The Kier molecular flexibility index (Phi) is 3.71. The maximum absolute atomic E-state index is 11.5. The summed E-state index contributed by atoms with van der Waals surface area (Å²) in [6, 6.07) is 0. The van der Waals surface area contributed by atoms with E-state index in [4.69, 9.17) is 10.8 Å². The highest BCUT2D eigenvalue weighted by molar-refractivity contribution is 6.25. The summed E-state index contributed by atoms with van der Waals surface area (Å²) in [5.74, 6) is -0.552. The summed E-state index contributed by atoms with van der Waals surface area (Å²) in [5.41, 5.74) is 5.10. The molecule has 1 aliphatic heterocycles. The predicted octanol–water partition coefficient (Wildman–Crippen LogP) is -0.176. The van der Waals surface area contributed by atoms with Gasteiger partial charge in [0.25, 0.3) is 7.48 Å². The van der Waals surface area contributed by atoms with Crippen LogP contribution in [0.25, 0.3) is 0 Å². The number of carboxylic acids is 1. The van der Waals surface area contributed by atoms with Crippen LogP contribution in [-0.2, 0) is 4.79 Å². The molecule has 0 amide bonds. The Morgan fingerprint density at radius 2 is 2.33 bits per heavy atom. The molecule has 18 heavy (non-hydrogen) atoms. The minimum atomic E-state index is -1.10. The van der Waals surface area contributed by atoms with Crippen LogP contribution in [0.3, 0.4) is 0 Å². The molecular weight excluding hydrogens is 231 g/mol. The van der Waals surface area contributed by atoms with Gasteiger partial charge in [-0.2, -0.15) is 0 Å². The van der Waals surface area contributed by atoms with Crippen molar-refractivity contribution in [2.24, 2.45) is 23.0 Å². The number of nitrogens with one attached hydrogen (secondary N) is 1. The Morgan fingerprint density at radius 1 is 1.61 bits per heavy atom. The Balaban J connectivity index is 2.17. The average molecular weight is 253 g/mol.